The lowest BCUT2D eigenvalue weighted by molar-refractivity contribution is 0.203. The van der Waals surface area contributed by atoms with Crippen molar-refractivity contribution in [2.75, 3.05) is 0 Å². The Kier molecular flexibility index (Phi) is 2.19. The Bertz CT molecular complexity index is 48.1. The molecule has 0 aliphatic rings. The predicted octanol–water partition coefficient (Wildman–Crippen LogP) is 0.764. The van der Waals surface area contributed by atoms with Gasteiger partial charge in [0.15, 0.2) is 0 Å². The number of halogens is 1. The van der Waals surface area contributed by atoms with Gasteiger partial charge in [0.25, 0.3) is 0 Å². The zero-order chi connectivity index (χ0) is 5.91. The average Bonchev–Trinajstić information content (AvgIpc) is 1.30. The van der Waals surface area contributed by atoms with Crippen LogP contribution in [0.2, 0.25) is 0 Å². The van der Waals surface area contributed by atoms with E-state index in [2.05, 4.69) is 5.43 Å². The summed E-state index contributed by atoms with van der Waals surface area (Å²) in [5.41, 5.74) is 3.54. The first-order chi connectivity index (χ1) is 3.06. The molecular weight excluding hydrogens is 95.1 g/mol. The maximum Gasteiger partial charge on any atom is 0.0263 e. The Balaban J connectivity index is 3.15. The van der Waals surface area contributed by atoms with Crippen LogP contribution in [0, 0.1) is 0 Å². The second-order valence-corrected chi connectivity index (χ2v) is 2.47. The van der Waals surface area contributed by atoms with Gasteiger partial charge in [-0.1, -0.05) is 5.65 Å². The van der Waals surface area contributed by atoms with E-state index in [1.165, 1.54) is 5.65 Å². The summed E-state index contributed by atoms with van der Waals surface area (Å²) in [6.07, 6.45) is 0. The molecule has 0 saturated carbocycles. The summed E-state index contributed by atoms with van der Waals surface area (Å²) in [7, 11) is 0. The highest BCUT2D eigenvalue weighted by Crippen LogP contribution is 1.94. The summed E-state index contributed by atoms with van der Waals surface area (Å²) in [4.78, 5) is 0. The molecule has 0 aromatic carbocycles. The lowest BCUT2D eigenvalue weighted by Gasteiger charge is -2.16. The molecular formula is C4H11FN2. The van der Waals surface area contributed by atoms with Crippen molar-refractivity contribution in [2.24, 2.45) is 0 Å². The fraction of sp³-hybridized carbons (Fsp3) is 1.00. The van der Waals surface area contributed by atoms with Crippen LogP contribution in [0.4, 0.5) is 4.48 Å². The van der Waals surface area contributed by atoms with Crippen LogP contribution in [0.15, 0.2) is 0 Å². The number of hydrogen-bond acceptors (Lipinski definition) is 2. The molecule has 0 heterocycles. The first-order valence-corrected chi connectivity index (χ1v) is 2.19. The Morgan fingerprint density at radius 3 is 1.71 bits per heavy atom. The van der Waals surface area contributed by atoms with Crippen LogP contribution >= 0.6 is 0 Å². The van der Waals surface area contributed by atoms with Crippen LogP contribution in [0.25, 0.3) is 0 Å². The first-order valence-electron chi connectivity index (χ1n) is 2.19. The first kappa shape index (κ1) is 6.85. The van der Waals surface area contributed by atoms with Crippen molar-refractivity contribution in [1.82, 2.24) is 11.1 Å². The molecule has 0 bridgehead atoms. The molecule has 3 heteroatoms. The largest absolute Gasteiger partial charge is 0.225 e. The Morgan fingerprint density at radius 1 is 1.29 bits per heavy atom. The third kappa shape index (κ3) is 5.85. The van der Waals surface area contributed by atoms with Crippen molar-refractivity contribution in [3.63, 3.8) is 0 Å². The Labute approximate surface area is 43.0 Å². The van der Waals surface area contributed by atoms with Crippen molar-refractivity contribution in [2.45, 2.75) is 26.3 Å². The van der Waals surface area contributed by atoms with Gasteiger partial charge >= 0.3 is 0 Å². The fourth-order valence-corrected chi connectivity index (χ4v) is 0.142. The standard InChI is InChI=1S/C4H11FN2/c1-4(2,3)6-7-5/h6-7H,1-3H3. The molecule has 0 unspecified atom stereocenters. The molecule has 0 spiro atoms. The minimum absolute atomic E-state index is 0.186. The van der Waals surface area contributed by atoms with Gasteiger partial charge in [-0.3, -0.25) is 0 Å². The number of nitrogens with one attached hydrogen (secondary N) is 2. The maximum absolute atomic E-state index is 11.1. The second kappa shape index (κ2) is 2.23. The van der Waals surface area contributed by atoms with Gasteiger partial charge in [0.1, 0.15) is 0 Å². The third-order valence-electron chi connectivity index (χ3n) is 0.422. The van der Waals surface area contributed by atoms with Gasteiger partial charge in [0, 0.05) is 5.54 Å². The normalized spacial score (nSPS) is 12.0. The van der Waals surface area contributed by atoms with Gasteiger partial charge in [0.2, 0.25) is 0 Å². The molecule has 0 aromatic heterocycles. The van der Waals surface area contributed by atoms with Crippen LogP contribution in [0.3, 0.4) is 0 Å². The highest BCUT2D eigenvalue weighted by molar-refractivity contribution is 4.64. The number of hydrogen-bond donors (Lipinski definition) is 2. The minimum atomic E-state index is -0.186. The lowest BCUT2D eigenvalue weighted by Crippen LogP contribution is -2.41. The molecule has 7 heavy (non-hydrogen) atoms. The monoisotopic (exact) mass is 106 g/mol. The molecule has 0 fully saturated rings. The van der Waals surface area contributed by atoms with Crippen LogP contribution in [0.5, 0.6) is 0 Å². The van der Waals surface area contributed by atoms with Crippen LogP contribution in [-0.4, -0.2) is 5.54 Å². The summed E-state index contributed by atoms with van der Waals surface area (Å²) < 4.78 is 11.1. The summed E-state index contributed by atoms with van der Waals surface area (Å²) in [6, 6.07) is 0. The van der Waals surface area contributed by atoms with Crippen LogP contribution in [-0.2, 0) is 0 Å². The maximum atomic E-state index is 11.1. The van der Waals surface area contributed by atoms with Crippen molar-refractivity contribution >= 4 is 0 Å². The SMILES string of the molecule is CC(C)(C)NNF. The minimum Gasteiger partial charge on any atom is -0.225 e. The molecule has 0 rings (SSSR count). The molecule has 0 aromatic rings. The second-order valence-electron chi connectivity index (χ2n) is 2.47. The highest BCUT2D eigenvalue weighted by Gasteiger charge is 2.05. The van der Waals surface area contributed by atoms with Crippen molar-refractivity contribution in [3.8, 4) is 0 Å². The van der Waals surface area contributed by atoms with Gasteiger partial charge in [-0.15, -0.1) is 4.48 Å². The van der Waals surface area contributed by atoms with E-state index in [4.69, 9.17) is 0 Å². The summed E-state index contributed by atoms with van der Waals surface area (Å²) in [5, 5.41) is 0. The lowest BCUT2D eigenvalue weighted by atomic mass is 10.1. The van der Waals surface area contributed by atoms with Gasteiger partial charge in [-0.2, -0.15) is 0 Å². The van der Waals surface area contributed by atoms with Crippen LogP contribution in [0.1, 0.15) is 20.8 Å². The summed E-state index contributed by atoms with van der Waals surface area (Å²) in [6.45, 7) is 5.58. The molecule has 0 radical (unpaired) electrons. The summed E-state index contributed by atoms with van der Waals surface area (Å²) >= 11 is 0. The molecule has 0 aliphatic carbocycles. The molecule has 2 N–H and O–H groups in total. The van der Waals surface area contributed by atoms with Crippen molar-refractivity contribution < 1.29 is 4.48 Å². The van der Waals surface area contributed by atoms with E-state index in [-0.39, 0.29) is 5.54 Å². The molecule has 0 amide bonds. The third-order valence-corrected chi connectivity index (χ3v) is 0.422. The van der Waals surface area contributed by atoms with E-state index in [1.54, 1.807) is 0 Å². The number of hydrazine groups is 1. The van der Waals surface area contributed by atoms with E-state index in [9.17, 15) is 4.48 Å². The smallest absolute Gasteiger partial charge is 0.0263 e. The van der Waals surface area contributed by atoms with Gasteiger partial charge in [-0.25, -0.2) is 5.43 Å². The molecule has 44 valence electrons. The zero-order valence-corrected chi connectivity index (χ0v) is 4.88. The van der Waals surface area contributed by atoms with Gasteiger partial charge in [-0.05, 0) is 20.8 Å². The average molecular weight is 106 g/mol. The number of rotatable bonds is 1. The Hall–Kier alpha value is -0.150. The quantitative estimate of drug-likeness (QED) is 0.381. The Morgan fingerprint density at radius 2 is 1.71 bits per heavy atom. The van der Waals surface area contributed by atoms with E-state index in [1.807, 2.05) is 20.8 Å². The van der Waals surface area contributed by atoms with Gasteiger partial charge in [0.05, 0.1) is 0 Å². The van der Waals surface area contributed by atoms with Crippen LogP contribution < -0.4 is 11.1 Å². The van der Waals surface area contributed by atoms with Crippen molar-refractivity contribution in [1.29, 1.82) is 0 Å². The predicted molar refractivity (Wildman–Crippen MR) is 27.1 cm³/mol. The summed E-state index contributed by atoms with van der Waals surface area (Å²) in [5.74, 6) is 0. The fourth-order valence-electron chi connectivity index (χ4n) is 0.142. The van der Waals surface area contributed by atoms with Crippen molar-refractivity contribution in [3.05, 3.63) is 0 Å². The highest BCUT2D eigenvalue weighted by atomic mass is 19.2. The van der Waals surface area contributed by atoms with E-state index >= 15 is 0 Å². The van der Waals surface area contributed by atoms with E-state index in [0.717, 1.165) is 0 Å². The van der Waals surface area contributed by atoms with E-state index in [0.29, 0.717) is 0 Å². The molecule has 0 atom stereocenters. The molecule has 0 aliphatic heterocycles. The molecule has 0 saturated heterocycles. The topological polar surface area (TPSA) is 24.1 Å². The van der Waals surface area contributed by atoms with Gasteiger partial charge < -0.3 is 0 Å². The zero-order valence-electron chi connectivity index (χ0n) is 4.88. The van der Waals surface area contributed by atoms with E-state index < -0.39 is 0 Å². The molecule has 2 nitrogen and oxygen atoms in total.